The summed E-state index contributed by atoms with van der Waals surface area (Å²) in [6.07, 6.45) is 1.60. The fraction of sp³-hybridized carbons (Fsp3) is 0.250. The number of carbonyl (C=O) groups is 1. The van der Waals surface area contributed by atoms with E-state index in [1.54, 1.807) is 28.8 Å². The molecule has 7 nitrogen and oxygen atoms in total. The number of hydrogen-bond acceptors (Lipinski definition) is 4. The van der Waals surface area contributed by atoms with Crippen LogP contribution in [0.3, 0.4) is 0 Å². The molecule has 3 rings (SSSR count). The van der Waals surface area contributed by atoms with Crippen LogP contribution in [0.2, 0.25) is 0 Å². The largest absolute Gasteiger partial charge is 0.288 e. The van der Waals surface area contributed by atoms with Gasteiger partial charge >= 0.3 is 0 Å². The summed E-state index contributed by atoms with van der Waals surface area (Å²) >= 11 is 0. The first kappa shape index (κ1) is 15.0. The van der Waals surface area contributed by atoms with Gasteiger partial charge in [-0.1, -0.05) is 29.8 Å². The lowest BCUT2D eigenvalue weighted by Crippen LogP contribution is -2.14. The van der Waals surface area contributed by atoms with Crippen molar-refractivity contribution in [3.05, 3.63) is 59.2 Å². The van der Waals surface area contributed by atoms with Crippen LogP contribution in [0.25, 0.3) is 0 Å². The van der Waals surface area contributed by atoms with Crippen molar-refractivity contribution in [1.82, 2.24) is 24.5 Å². The Hall–Kier alpha value is -2.96. The smallest absolute Gasteiger partial charge is 0.278 e. The van der Waals surface area contributed by atoms with E-state index in [-0.39, 0.29) is 11.9 Å². The molecule has 0 unspecified atom stereocenters. The van der Waals surface area contributed by atoms with Gasteiger partial charge < -0.3 is 0 Å². The summed E-state index contributed by atoms with van der Waals surface area (Å²) in [5.41, 5.74) is 3.59. The molecule has 0 aliphatic rings. The van der Waals surface area contributed by atoms with Crippen LogP contribution < -0.4 is 5.32 Å². The molecule has 0 radical (unpaired) electrons. The molecule has 118 valence electrons. The topological polar surface area (TPSA) is 77.6 Å². The normalized spacial score (nSPS) is 10.7. The average Bonchev–Trinajstić information content (AvgIpc) is 3.09. The maximum atomic E-state index is 12.1. The Bertz CT molecular complexity index is 811. The molecule has 23 heavy (non-hydrogen) atoms. The zero-order chi connectivity index (χ0) is 16.4. The van der Waals surface area contributed by atoms with Crippen LogP contribution in [0.5, 0.6) is 0 Å². The van der Waals surface area contributed by atoms with E-state index < -0.39 is 0 Å². The Morgan fingerprint density at radius 2 is 1.91 bits per heavy atom. The van der Waals surface area contributed by atoms with E-state index in [1.807, 2.05) is 26.0 Å². The molecule has 0 aliphatic carbocycles. The molecule has 1 amide bonds. The zero-order valence-electron chi connectivity index (χ0n) is 13.3. The summed E-state index contributed by atoms with van der Waals surface area (Å²) in [7, 11) is 1.79. The number of nitrogens with zero attached hydrogens (tertiary/aromatic N) is 5. The van der Waals surface area contributed by atoms with Crippen molar-refractivity contribution >= 4 is 11.9 Å². The predicted octanol–water partition coefficient (Wildman–Crippen LogP) is 1.93. The SMILES string of the molecule is Cc1ccc(Cn2cnc(NC(=O)c3cc(C)n(C)n3)n2)cc1. The number of amides is 1. The molecule has 1 N–H and O–H groups in total. The first-order valence-electron chi connectivity index (χ1n) is 7.28. The van der Waals surface area contributed by atoms with Crippen molar-refractivity contribution in [2.45, 2.75) is 20.4 Å². The minimum absolute atomic E-state index is 0.269. The van der Waals surface area contributed by atoms with Gasteiger partial charge in [0.05, 0.1) is 6.54 Å². The second-order valence-electron chi connectivity index (χ2n) is 5.50. The number of benzene rings is 1. The highest BCUT2D eigenvalue weighted by atomic mass is 16.2. The zero-order valence-corrected chi connectivity index (χ0v) is 13.3. The molecule has 7 heteroatoms. The van der Waals surface area contributed by atoms with Crippen molar-refractivity contribution in [2.24, 2.45) is 7.05 Å². The van der Waals surface area contributed by atoms with Gasteiger partial charge in [-0.2, -0.15) is 5.10 Å². The standard InChI is InChI=1S/C16H18N6O/c1-11-4-6-13(7-5-11)9-22-10-17-16(20-22)18-15(23)14-8-12(2)21(3)19-14/h4-8,10H,9H2,1-3H3,(H,18,20,23). The first-order chi connectivity index (χ1) is 11.0. The summed E-state index contributed by atoms with van der Waals surface area (Å²) < 4.78 is 3.34. The van der Waals surface area contributed by atoms with Crippen LogP contribution in [0, 0.1) is 13.8 Å². The van der Waals surface area contributed by atoms with Gasteiger partial charge in [0.25, 0.3) is 5.91 Å². The third-order valence-electron chi connectivity index (χ3n) is 3.57. The maximum Gasteiger partial charge on any atom is 0.278 e. The van der Waals surface area contributed by atoms with Crippen molar-refractivity contribution in [3.63, 3.8) is 0 Å². The Kier molecular flexibility index (Phi) is 3.92. The van der Waals surface area contributed by atoms with Gasteiger partial charge in [-0.05, 0) is 25.5 Å². The second kappa shape index (κ2) is 6.04. The Morgan fingerprint density at radius 1 is 1.17 bits per heavy atom. The third kappa shape index (κ3) is 3.45. The van der Waals surface area contributed by atoms with E-state index in [1.165, 1.54) is 5.56 Å². The molecule has 2 heterocycles. The van der Waals surface area contributed by atoms with E-state index in [0.717, 1.165) is 11.3 Å². The molecule has 0 spiro atoms. The highest BCUT2D eigenvalue weighted by molar-refractivity contribution is 6.01. The molecule has 0 saturated heterocycles. The van der Waals surface area contributed by atoms with E-state index in [0.29, 0.717) is 12.2 Å². The highest BCUT2D eigenvalue weighted by Gasteiger charge is 2.13. The van der Waals surface area contributed by atoms with Crippen LogP contribution in [0.1, 0.15) is 27.3 Å². The molecule has 0 aliphatic heterocycles. The monoisotopic (exact) mass is 310 g/mol. The molecule has 0 saturated carbocycles. The van der Waals surface area contributed by atoms with Crippen LogP contribution in [-0.4, -0.2) is 30.5 Å². The van der Waals surface area contributed by atoms with Gasteiger partial charge in [0.2, 0.25) is 5.95 Å². The van der Waals surface area contributed by atoms with Crippen LogP contribution in [0.15, 0.2) is 36.7 Å². The minimum Gasteiger partial charge on any atom is -0.288 e. The number of nitrogens with one attached hydrogen (secondary N) is 1. The van der Waals surface area contributed by atoms with Gasteiger partial charge in [0.1, 0.15) is 6.33 Å². The van der Waals surface area contributed by atoms with E-state index in [9.17, 15) is 4.79 Å². The fourth-order valence-corrected chi connectivity index (χ4v) is 2.15. The average molecular weight is 310 g/mol. The number of anilines is 1. The molecular formula is C16H18N6O. The third-order valence-corrected chi connectivity index (χ3v) is 3.57. The summed E-state index contributed by atoms with van der Waals surface area (Å²) in [6.45, 7) is 4.54. The first-order valence-corrected chi connectivity index (χ1v) is 7.28. The number of rotatable bonds is 4. The van der Waals surface area contributed by atoms with Crippen molar-refractivity contribution in [2.75, 3.05) is 5.32 Å². The molecule has 1 aromatic carbocycles. The number of aromatic nitrogens is 5. The molecule has 0 atom stereocenters. The molecule has 0 bridgehead atoms. The van der Waals surface area contributed by atoms with Crippen molar-refractivity contribution in [1.29, 1.82) is 0 Å². The molecule has 3 aromatic rings. The van der Waals surface area contributed by atoms with Crippen molar-refractivity contribution in [3.8, 4) is 0 Å². The van der Waals surface area contributed by atoms with E-state index in [2.05, 4.69) is 32.6 Å². The van der Waals surface area contributed by atoms with E-state index >= 15 is 0 Å². The molecule has 2 aromatic heterocycles. The Balaban J connectivity index is 1.67. The number of aryl methyl sites for hydroxylation is 3. The minimum atomic E-state index is -0.318. The number of carbonyl (C=O) groups excluding carboxylic acids is 1. The van der Waals surface area contributed by atoms with Gasteiger partial charge in [-0.25, -0.2) is 9.67 Å². The van der Waals surface area contributed by atoms with Crippen molar-refractivity contribution < 1.29 is 4.79 Å². The predicted molar refractivity (Wildman–Crippen MR) is 86.2 cm³/mol. The quantitative estimate of drug-likeness (QED) is 0.798. The molecular weight excluding hydrogens is 292 g/mol. The maximum absolute atomic E-state index is 12.1. The van der Waals surface area contributed by atoms with Crippen LogP contribution in [-0.2, 0) is 13.6 Å². The van der Waals surface area contributed by atoms with Crippen LogP contribution in [0.4, 0.5) is 5.95 Å². The lowest BCUT2D eigenvalue weighted by molar-refractivity contribution is 0.102. The molecule has 0 fully saturated rings. The second-order valence-corrected chi connectivity index (χ2v) is 5.50. The Morgan fingerprint density at radius 3 is 2.57 bits per heavy atom. The van der Waals surface area contributed by atoms with Gasteiger partial charge in [0.15, 0.2) is 5.69 Å². The fourth-order valence-electron chi connectivity index (χ4n) is 2.15. The summed E-state index contributed by atoms with van der Waals surface area (Å²) in [4.78, 5) is 16.2. The van der Waals surface area contributed by atoms with Crippen LogP contribution >= 0.6 is 0 Å². The highest BCUT2D eigenvalue weighted by Crippen LogP contribution is 2.07. The van der Waals surface area contributed by atoms with E-state index in [4.69, 9.17) is 0 Å². The lowest BCUT2D eigenvalue weighted by atomic mass is 10.1. The van der Waals surface area contributed by atoms with Gasteiger partial charge in [0, 0.05) is 12.7 Å². The Labute approximate surface area is 134 Å². The lowest BCUT2D eigenvalue weighted by Gasteiger charge is -2.01. The summed E-state index contributed by atoms with van der Waals surface area (Å²) in [6, 6.07) is 9.92. The van der Waals surface area contributed by atoms with Gasteiger partial charge in [-0.15, -0.1) is 5.10 Å². The summed E-state index contributed by atoms with van der Waals surface area (Å²) in [5, 5.41) is 11.0. The van der Waals surface area contributed by atoms with Gasteiger partial charge in [-0.3, -0.25) is 14.8 Å². The summed E-state index contributed by atoms with van der Waals surface area (Å²) in [5.74, 6) is -0.0489. The number of hydrogen-bond donors (Lipinski definition) is 1.